The number of nitrogens with zero attached hydrogens (tertiary/aromatic N) is 2. The van der Waals surface area contributed by atoms with Crippen LogP contribution in [0.3, 0.4) is 0 Å². The first-order valence-corrected chi connectivity index (χ1v) is 17.0. The quantitative estimate of drug-likeness (QED) is 0.203. The Hall–Kier alpha value is -5.86. The highest BCUT2D eigenvalue weighted by Crippen LogP contribution is 2.51. The maximum atomic E-state index is 5.50. The van der Waals surface area contributed by atoms with Gasteiger partial charge in [-0.15, -0.1) is 0 Å². The molecule has 6 aliphatic carbocycles. The molecule has 6 aliphatic rings. The maximum Gasteiger partial charge on any atom is 0.0737 e. The zero-order valence-electron chi connectivity index (χ0n) is 26.4. The third kappa shape index (κ3) is 3.69. The summed E-state index contributed by atoms with van der Waals surface area (Å²) in [5.74, 6) is 0.311. The molecule has 2 heteroatoms. The number of allylic oxidation sites excluding steroid dienone is 17. The van der Waals surface area contributed by atoms with E-state index in [0.717, 1.165) is 47.0 Å². The van der Waals surface area contributed by atoms with Gasteiger partial charge in [-0.05, 0) is 115 Å². The van der Waals surface area contributed by atoms with Crippen molar-refractivity contribution in [3.05, 3.63) is 184 Å². The Balaban J connectivity index is 1.20. The lowest BCUT2D eigenvalue weighted by Crippen LogP contribution is -2.22. The van der Waals surface area contributed by atoms with Gasteiger partial charge in [0.05, 0.1) is 11.4 Å². The zero-order chi connectivity index (χ0) is 31.3. The fourth-order valence-electron chi connectivity index (χ4n) is 8.89. The van der Waals surface area contributed by atoms with E-state index in [2.05, 4.69) is 132 Å². The molecule has 0 fully saturated rings. The number of hydrogen-bond acceptors (Lipinski definition) is 2. The van der Waals surface area contributed by atoms with Crippen LogP contribution in [0.1, 0.15) is 35.1 Å². The average molecular weight is 611 g/mol. The van der Waals surface area contributed by atoms with Gasteiger partial charge in [-0.2, -0.15) is 0 Å². The Morgan fingerprint density at radius 2 is 1.58 bits per heavy atom. The van der Waals surface area contributed by atoms with Crippen LogP contribution in [0.5, 0.6) is 0 Å². The standard InChI is InChI=1S/C46H30N2/c1-2-12-35-33(6-1)25-47-26-40(35)42-24-34(39-22-32-11-4-9-28-14-16-30-10-5-13-37(39)45(30)44(28)32)23-41(48-42)36-20-18-31-17-15-27-7-3-8-29-19-21-38(36)46(31)43(27)29/h1-6,8-9,11-16,18-26,44H,7,10,17H2. The molecule has 0 saturated carbocycles. The summed E-state index contributed by atoms with van der Waals surface area (Å²) in [5, 5.41) is 4.96. The van der Waals surface area contributed by atoms with Crippen molar-refractivity contribution in [2.24, 2.45) is 5.92 Å². The van der Waals surface area contributed by atoms with Gasteiger partial charge in [0.2, 0.25) is 0 Å². The minimum absolute atomic E-state index is 0.311. The van der Waals surface area contributed by atoms with Crippen LogP contribution in [0.15, 0.2) is 162 Å². The second-order valence-corrected chi connectivity index (χ2v) is 13.6. The van der Waals surface area contributed by atoms with Crippen LogP contribution >= 0.6 is 0 Å². The molecule has 0 N–H and O–H groups in total. The van der Waals surface area contributed by atoms with E-state index < -0.39 is 0 Å². The highest BCUT2D eigenvalue weighted by molar-refractivity contribution is 6.08. The van der Waals surface area contributed by atoms with Crippen molar-refractivity contribution in [2.45, 2.75) is 19.3 Å². The molecular formula is C46H30N2. The molecule has 2 nitrogen and oxygen atoms in total. The molecule has 11 rings (SSSR count). The van der Waals surface area contributed by atoms with Crippen molar-refractivity contribution < 1.29 is 0 Å². The first kappa shape index (κ1) is 26.2. The van der Waals surface area contributed by atoms with Crippen LogP contribution < -0.4 is 0 Å². The smallest absolute Gasteiger partial charge is 0.0737 e. The molecule has 0 spiro atoms. The Morgan fingerprint density at radius 1 is 0.688 bits per heavy atom. The van der Waals surface area contributed by atoms with E-state index in [-0.39, 0.29) is 0 Å². The molecule has 0 aliphatic heterocycles. The van der Waals surface area contributed by atoms with E-state index in [1.807, 2.05) is 12.4 Å². The van der Waals surface area contributed by atoms with Crippen LogP contribution in [0.4, 0.5) is 0 Å². The average Bonchev–Trinajstić information content (AvgIpc) is 3.15. The molecule has 48 heavy (non-hydrogen) atoms. The lowest BCUT2D eigenvalue weighted by atomic mass is 9.66. The van der Waals surface area contributed by atoms with Gasteiger partial charge >= 0.3 is 0 Å². The van der Waals surface area contributed by atoms with Crippen molar-refractivity contribution in [1.82, 2.24) is 9.97 Å². The molecule has 1 unspecified atom stereocenters. The Labute approximate surface area is 279 Å². The Morgan fingerprint density at radius 3 is 2.56 bits per heavy atom. The summed E-state index contributed by atoms with van der Waals surface area (Å²) in [6, 6.07) is 22.4. The molecule has 2 aromatic heterocycles. The molecule has 2 heterocycles. The molecule has 0 saturated heterocycles. The van der Waals surface area contributed by atoms with Crippen LogP contribution in [0, 0.1) is 5.92 Å². The third-order valence-electron chi connectivity index (χ3n) is 11.1. The van der Waals surface area contributed by atoms with E-state index in [4.69, 9.17) is 4.98 Å². The fraction of sp³-hybridized carbons (Fsp3) is 0.0870. The van der Waals surface area contributed by atoms with Gasteiger partial charge in [-0.25, -0.2) is 4.98 Å². The molecular weight excluding hydrogens is 581 g/mol. The number of rotatable bonds is 3. The van der Waals surface area contributed by atoms with Gasteiger partial charge in [0.25, 0.3) is 0 Å². The maximum absolute atomic E-state index is 5.50. The summed E-state index contributed by atoms with van der Waals surface area (Å²) in [6.07, 6.45) is 32.5. The predicted octanol–water partition coefficient (Wildman–Crippen LogP) is 11.1. The van der Waals surface area contributed by atoms with Gasteiger partial charge in [-0.1, -0.05) is 109 Å². The topological polar surface area (TPSA) is 25.8 Å². The number of hydrogen-bond donors (Lipinski definition) is 0. The first-order chi connectivity index (χ1) is 23.8. The lowest BCUT2D eigenvalue weighted by Gasteiger charge is -2.37. The second kappa shape index (κ2) is 9.82. The summed E-state index contributed by atoms with van der Waals surface area (Å²) in [6.45, 7) is 0. The molecule has 0 radical (unpaired) electrons. The lowest BCUT2D eigenvalue weighted by molar-refractivity contribution is 0.834. The Bertz CT molecular complexity index is 2620. The van der Waals surface area contributed by atoms with E-state index in [0.29, 0.717) is 5.92 Å². The summed E-state index contributed by atoms with van der Waals surface area (Å²) in [5.41, 5.74) is 19.2. The second-order valence-electron chi connectivity index (χ2n) is 13.6. The van der Waals surface area contributed by atoms with Crippen molar-refractivity contribution in [3.63, 3.8) is 0 Å². The highest BCUT2D eigenvalue weighted by Gasteiger charge is 2.35. The SMILES string of the molecule is C1=CC2=CC=C3CC=CC4=C3C2C(=C1)C=C4c1cc(-c2cncc3ccccc23)nc(-c2ccc3c4c5c(ccc24)C=CCC5=CC3)c1. The van der Waals surface area contributed by atoms with Crippen molar-refractivity contribution in [2.75, 3.05) is 0 Å². The summed E-state index contributed by atoms with van der Waals surface area (Å²) < 4.78 is 0. The highest BCUT2D eigenvalue weighted by atomic mass is 14.7. The van der Waals surface area contributed by atoms with Crippen molar-refractivity contribution in [1.29, 1.82) is 0 Å². The summed E-state index contributed by atoms with van der Waals surface area (Å²) >= 11 is 0. The van der Waals surface area contributed by atoms with E-state index >= 15 is 0 Å². The van der Waals surface area contributed by atoms with E-state index in [1.165, 1.54) is 77.6 Å². The Kier molecular flexibility index (Phi) is 5.37. The van der Waals surface area contributed by atoms with Crippen LogP contribution in [0.25, 0.3) is 61.3 Å². The van der Waals surface area contributed by atoms with Crippen LogP contribution in [-0.4, -0.2) is 9.97 Å². The minimum Gasteiger partial charge on any atom is -0.263 e. The van der Waals surface area contributed by atoms with Crippen LogP contribution in [-0.2, 0) is 6.42 Å². The molecule has 0 bridgehead atoms. The van der Waals surface area contributed by atoms with Crippen molar-refractivity contribution >= 4 is 38.8 Å². The van der Waals surface area contributed by atoms with Crippen LogP contribution in [0.2, 0.25) is 0 Å². The molecule has 1 atom stereocenters. The molecule has 0 amide bonds. The number of fused-ring (bicyclic) bond motifs is 1. The van der Waals surface area contributed by atoms with Gasteiger partial charge < -0.3 is 0 Å². The van der Waals surface area contributed by atoms with Gasteiger partial charge in [0.1, 0.15) is 0 Å². The monoisotopic (exact) mass is 610 g/mol. The molecule has 5 aromatic rings. The van der Waals surface area contributed by atoms with E-state index in [1.54, 1.807) is 0 Å². The van der Waals surface area contributed by atoms with Gasteiger partial charge in [0.15, 0.2) is 0 Å². The van der Waals surface area contributed by atoms with Gasteiger partial charge in [-0.3, -0.25) is 4.98 Å². The van der Waals surface area contributed by atoms with Crippen molar-refractivity contribution in [3.8, 4) is 22.5 Å². The summed E-state index contributed by atoms with van der Waals surface area (Å²) in [7, 11) is 0. The molecule has 224 valence electrons. The number of aromatic nitrogens is 2. The van der Waals surface area contributed by atoms with Gasteiger partial charge in [0, 0.05) is 34.8 Å². The third-order valence-corrected chi connectivity index (χ3v) is 11.1. The normalized spacial score (nSPS) is 19.5. The number of pyridine rings is 2. The zero-order valence-corrected chi connectivity index (χ0v) is 26.4. The fourth-order valence-corrected chi connectivity index (χ4v) is 8.89. The first-order valence-electron chi connectivity index (χ1n) is 17.0. The number of benzene rings is 3. The van der Waals surface area contributed by atoms with E-state index in [9.17, 15) is 0 Å². The minimum atomic E-state index is 0.311. The summed E-state index contributed by atoms with van der Waals surface area (Å²) in [4.78, 5) is 10.2. The predicted molar refractivity (Wildman–Crippen MR) is 199 cm³/mol. The largest absolute Gasteiger partial charge is 0.263 e. The molecule has 3 aromatic carbocycles.